The van der Waals surface area contributed by atoms with E-state index in [0.717, 1.165) is 33.2 Å². The van der Waals surface area contributed by atoms with Gasteiger partial charge in [0.15, 0.2) is 0 Å². The quantitative estimate of drug-likeness (QED) is 0.639. The first-order chi connectivity index (χ1) is 12.0. The second kappa shape index (κ2) is 6.94. The summed E-state index contributed by atoms with van der Waals surface area (Å²) in [7, 11) is 0. The molecule has 0 atom stereocenters. The topological polar surface area (TPSA) is 45.8 Å². The number of hydrogen-bond donors (Lipinski definition) is 0. The van der Waals surface area contributed by atoms with Gasteiger partial charge in [-0.05, 0) is 56.0 Å². The van der Waals surface area contributed by atoms with Crippen molar-refractivity contribution in [3.05, 3.63) is 69.5 Å². The van der Waals surface area contributed by atoms with E-state index in [2.05, 4.69) is 25.1 Å². The monoisotopic (exact) mass is 330 g/mol. The summed E-state index contributed by atoms with van der Waals surface area (Å²) in [5, 5.41) is 9.93. The van der Waals surface area contributed by atoms with Gasteiger partial charge in [-0.25, -0.2) is 0 Å². The largest absolute Gasteiger partial charge is 0.308 e. The number of aromatic nitrogens is 1. The average molecular weight is 330 g/mol. The minimum atomic E-state index is 0.0132. The van der Waals surface area contributed by atoms with E-state index in [-0.39, 0.29) is 5.56 Å². The van der Waals surface area contributed by atoms with Crippen molar-refractivity contribution in [1.82, 2.24) is 4.57 Å². The van der Waals surface area contributed by atoms with Crippen LogP contribution in [0.2, 0.25) is 0 Å². The highest BCUT2D eigenvalue weighted by Gasteiger charge is 2.13. The summed E-state index contributed by atoms with van der Waals surface area (Å²) >= 11 is 0. The lowest BCUT2D eigenvalue weighted by Gasteiger charge is -2.15. The Morgan fingerprint density at radius 2 is 1.72 bits per heavy atom. The number of pyridine rings is 1. The molecule has 25 heavy (non-hydrogen) atoms. The predicted octanol–water partition coefficient (Wildman–Crippen LogP) is 4.90. The van der Waals surface area contributed by atoms with Gasteiger partial charge in [-0.15, -0.1) is 0 Å². The molecule has 0 saturated heterocycles. The summed E-state index contributed by atoms with van der Waals surface area (Å²) in [5.41, 5.74) is 6.10. The Labute approximate surface area is 148 Å². The van der Waals surface area contributed by atoms with Crippen LogP contribution in [0.4, 0.5) is 0 Å². The molecule has 0 aliphatic carbocycles. The Kier molecular flexibility index (Phi) is 4.72. The van der Waals surface area contributed by atoms with Crippen molar-refractivity contribution in [2.75, 3.05) is 0 Å². The minimum Gasteiger partial charge on any atom is -0.308 e. The van der Waals surface area contributed by atoms with Gasteiger partial charge in [0.25, 0.3) is 5.56 Å². The van der Waals surface area contributed by atoms with E-state index >= 15 is 0 Å². The normalized spacial score (nSPS) is 10.8. The summed E-state index contributed by atoms with van der Waals surface area (Å²) in [6.45, 7) is 6.73. The third-order valence-electron chi connectivity index (χ3n) is 4.60. The van der Waals surface area contributed by atoms with Gasteiger partial charge in [0.05, 0.1) is 11.6 Å². The lowest BCUT2D eigenvalue weighted by molar-refractivity contribution is 0.654. The van der Waals surface area contributed by atoms with Crippen molar-refractivity contribution >= 4 is 10.9 Å². The Bertz CT molecular complexity index is 1020. The number of aryl methyl sites for hydroxylation is 4. The highest BCUT2D eigenvalue weighted by molar-refractivity contribution is 5.87. The molecule has 0 saturated carbocycles. The Morgan fingerprint density at radius 1 is 1.00 bits per heavy atom. The average Bonchev–Trinajstić information content (AvgIpc) is 2.58. The van der Waals surface area contributed by atoms with Gasteiger partial charge < -0.3 is 4.57 Å². The van der Waals surface area contributed by atoms with Crippen LogP contribution in [-0.4, -0.2) is 4.57 Å². The summed E-state index contributed by atoms with van der Waals surface area (Å²) in [6.07, 6.45) is 1.13. The maximum atomic E-state index is 13.2. The molecule has 0 spiro atoms. The number of hydrogen-bond acceptors (Lipinski definition) is 2. The molecule has 0 amide bonds. The fourth-order valence-corrected chi connectivity index (χ4v) is 3.31. The van der Waals surface area contributed by atoms with E-state index in [4.69, 9.17) is 5.26 Å². The standard InChI is InChI=1S/C22H22N2O/c1-15-6-8-18(9-7-15)20-14-19-17(3)12-16(2)13-21(19)24(22(20)25)11-5-4-10-23/h6-9,12-14H,4-5,11H2,1-3H3. The third kappa shape index (κ3) is 3.34. The molecule has 3 nitrogen and oxygen atoms in total. The van der Waals surface area contributed by atoms with Crippen LogP contribution in [-0.2, 0) is 6.54 Å². The number of fused-ring (bicyclic) bond motifs is 1. The zero-order valence-corrected chi connectivity index (χ0v) is 15.0. The molecule has 3 aromatic rings. The van der Waals surface area contributed by atoms with Gasteiger partial charge in [-0.3, -0.25) is 4.79 Å². The van der Waals surface area contributed by atoms with Crippen molar-refractivity contribution in [1.29, 1.82) is 5.26 Å². The lowest BCUT2D eigenvalue weighted by Crippen LogP contribution is -2.22. The van der Waals surface area contributed by atoms with Crippen molar-refractivity contribution in [2.45, 2.75) is 40.2 Å². The predicted molar refractivity (Wildman–Crippen MR) is 103 cm³/mol. The second-order valence-corrected chi connectivity index (χ2v) is 6.66. The van der Waals surface area contributed by atoms with E-state index in [1.54, 1.807) is 0 Å². The summed E-state index contributed by atoms with van der Waals surface area (Å²) in [6, 6.07) is 16.4. The molecule has 0 N–H and O–H groups in total. The van der Waals surface area contributed by atoms with Crippen LogP contribution in [0.1, 0.15) is 29.5 Å². The highest BCUT2D eigenvalue weighted by atomic mass is 16.1. The summed E-state index contributed by atoms with van der Waals surface area (Å²) < 4.78 is 1.84. The molecule has 0 unspecified atom stereocenters. The number of rotatable bonds is 4. The van der Waals surface area contributed by atoms with Crippen molar-refractivity contribution < 1.29 is 0 Å². The van der Waals surface area contributed by atoms with Crippen molar-refractivity contribution in [2.24, 2.45) is 0 Å². The van der Waals surface area contributed by atoms with Crippen LogP contribution < -0.4 is 5.56 Å². The molecule has 2 aromatic carbocycles. The van der Waals surface area contributed by atoms with E-state index in [1.165, 1.54) is 5.56 Å². The van der Waals surface area contributed by atoms with Gasteiger partial charge in [0, 0.05) is 23.9 Å². The Morgan fingerprint density at radius 3 is 2.40 bits per heavy atom. The molecule has 3 rings (SSSR count). The molecule has 1 aromatic heterocycles. The molecular formula is C22H22N2O. The Hall–Kier alpha value is -2.86. The molecule has 0 aliphatic rings. The number of nitriles is 1. The van der Waals surface area contributed by atoms with Crippen LogP contribution in [0.15, 0.2) is 47.3 Å². The first-order valence-electron chi connectivity index (χ1n) is 8.60. The van der Waals surface area contributed by atoms with Gasteiger partial charge in [0.2, 0.25) is 0 Å². The second-order valence-electron chi connectivity index (χ2n) is 6.66. The zero-order valence-electron chi connectivity index (χ0n) is 15.0. The number of nitrogens with zero attached hydrogens (tertiary/aromatic N) is 2. The molecule has 126 valence electrons. The van der Waals surface area contributed by atoms with E-state index in [9.17, 15) is 4.79 Å². The number of benzene rings is 2. The van der Waals surface area contributed by atoms with Crippen LogP contribution in [0.3, 0.4) is 0 Å². The molecule has 0 aliphatic heterocycles. The van der Waals surface area contributed by atoms with Crippen LogP contribution >= 0.6 is 0 Å². The number of unbranched alkanes of at least 4 members (excludes halogenated alkanes) is 1. The first-order valence-corrected chi connectivity index (χ1v) is 8.60. The van der Waals surface area contributed by atoms with Crippen LogP contribution in [0.25, 0.3) is 22.0 Å². The van der Waals surface area contributed by atoms with Crippen LogP contribution in [0.5, 0.6) is 0 Å². The summed E-state index contributed by atoms with van der Waals surface area (Å²) in [4.78, 5) is 13.2. The molecule has 0 fully saturated rings. The van der Waals surface area contributed by atoms with Crippen molar-refractivity contribution in [3.63, 3.8) is 0 Å². The van der Waals surface area contributed by atoms with Crippen molar-refractivity contribution in [3.8, 4) is 17.2 Å². The smallest absolute Gasteiger partial charge is 0.258 e. The molecule has 0 bridgehead atoms. The maximum absolute atomic E-state index is 13.2. The van der Waals surface area contributed by atoms with E-state index < -0.39 is 0 Å². The fourth-order valence-electron chi connectivity index (χ4n) is 3.31. The fraction of sp³-hybridized carbons (Fsp3) is 0.273. The van der Waals surface area contributed by atoms with Gasteiger partial charge >= 0.3 is 0 Å². The van der Waals surface area contributed by atoms with Gasteiger partial charge in [-0.2, -0.15) is 5.26 Å². The van der Waals surface area contributed by atoms with Crippen LogP contribution in [0, 0.1) is 32.1 Å². The minimum absolute atomic E-state index is 0.0132. The molecule has 3 heteroatoms. The SMILES string of the molecule is Cc1ccc(-c2cc3c(C)cc(C)cc3n(CCCC#N)c2=O)cc1. The zero-order chi connectivity index (χ0) is 18.0. The Balaban J connectivity index is 2.28. The summed E-state index contributed by atoms with van der Waals surface area (Å²) in [5.74, 6) is 0. The highest BCUT2D eigenvalue weighted by Crippen LogP contribution is 2.25. The first kappa shape index (κ1) is 17.0. The lowest BCUT2D eigenvalue weighted by atomic mass is 10.00. The molecule has 0 radical (unpaired) electrons. The van der Waals surface area contributed by atoms with Gasteiger partial charge in [0.1, 0.15) is 0 Å². The van der Waals surface area contributed by atoms with Gasteiger partial charge in [-0.1, -0.05) is 35.9 Å². The third-order valence-corrected chi connectivity index (χ3v) is 4.60. The van der Waals surface area contributed by atoms with E-state index in [0.29, 0.717) is 19.4 Å². The molecular weight excluding hydrogens is 308 g/mol. The molecule has 1 heterocycles. The van der Waals surface area contributed by atoms with E-state index in [1.807, 2.05) is 48.7 Å². The maximum Gasteiger partial charge on any atom is 0.258 e.